The first kappa shape index (κ1) is 21.6. The maximum absolute atomic E-state index is 12.7. The van der Waals surface area contributed by atoms with Crippen LogP contribution in [0.1, 0.15) is 36.1 Å². The fourth-order valence-electron chi connectivity index (χ4n) is 3.70. The monoisotopic (exact) mass is 414 g/mol. The van der Waals surface area contributed by atoms with Crippen LogP contribution in [0.5, 0.6) is 0 Å². The van der Waals surface area contributed by atoms with Crippen LogP contribution in [0.2, 0.25) is 0 Å². The molecular formula is C22H30N4O2S. The SMILES string of the molecule is Cc1cccc(NC(=O)CSc2nc(=O)n(CCCN(C)C)c3c2CCCC3)c1. The van der Waals surface area contributed by atoms with Gasteiger partial charge in [0.05, 0.1) is 5.75 Å². The Morgan fingerprint density at radius 2 is 2.07 bits per heavy atom. The smallest absolute Gasteiger partial charge is 0.325 e. The Morgan fingerprint density at radius 1 is 1.28 bits per heavy atom. The van der Waals surface area contributed by atoms with E-state index in [1.54, 1.807) is 0 Å². The Morgan fingerprint density at radius 3 is 2.83 bits per heavy atom. The average molecular weight is 415 g/mol. The van der Waals surface area contributed by atoms with Gasteiger partial charge in [0.1, 0.15) is 5.03 Å². The lowest BCUT2D eigenvalue weighted by Crippen LogP contribution is -2.31. The molecule has 0 saturated heterocycles. The van der Waals surface area contributed by atoms with Gasteiger partial charge in [0, 0.05) is 23.5 Å². The number of nitrogens with zero attached hydrogens (tertiary/aromatic N) is 3. The van der Waals surface area contributed by atoms with E-state index in [4.69, 9.17) is 0 Å². The second-order valence-corrected chi connectivity index (χ2v) is 8.81. The topological polar surface area (TPSA) is 67.2 Å². The Bertz CT molecular complexity index is 924. The molecule has 156 valence electrons. The summed E-state index contributed by atoms with van der Waals surface area (Å²) in [5.41, 5.74) is 3.99. The zero-order valence-electron chi connectivity index (χ0n) is 17.5. The number of rotatable bonds is 8. The molecule has 1 amide bonds. The summed E-state index contributed by atoms with van der Waals surface area (Å²) >= 11 is 1.37. The van der Waals surface area contributed by atoms with Crippen molar-refractivity contribution in [3.05, 3.63) is 51.6 Å². The van der Waals surface area contributed by atoms with Gasteiger partial charge in [-0.05, 0) is 77.4 Å². The van der Waals surface area contributed by atoms with E-state index < -0.39 is 0 Å². The minimum atomic E-state index is -0.189. The summed E-state index contributed by atoms with van der Waals surface area (Å²) in [5, 5.41) is 3.65. The highest BCUT2D eigenvalue weighted by atomic mass is 32.2. The second kappa shape index (κ2) is 10.1. The van der Waals surface area contributed by atoms with Crippen LogP contribution < -0.4 is 11.0 Å². The van der Waals surface area contributed by atoms with E-state index in [9.17, 15) is 9.59 Å². The molecule has 2 aromatic rings. The van der Waals surface area contributed by atoms with Crippen LogP contribution in [0.25, 0.3) is 0 Å². The molecule has 0 spiro atoms. The van der Waals surface area contributed by atoms with Gasteiger partial charge < -0.3 is 10.2 Å². The summed E-state index contributed by atoms with van der Waals surface area (Å²) in [6, 6.07) is 7.74. The normalized spacial score (nSPS) is 13.4. The van der Waals surface area contributed by atoms with Crippen LogP contribution in [0.4, 0.5) is 5.69 Å². The van der Waals surface area contributed by atoms with E-state index in [0.29, 0.717) is 6.54 Å². The van der Waals surface area contributed by atoms with Crippen molar-refractivity contribution in [1.29, 1.82) is 0 Å². The Balaban J connectivity index is 1.71. The molecule has 7 heteroatoms. The molecule has 1 aromatic carbocycles. The number of aromatic nitrogens is 2. The third-order valence-electron chi connectivity index (χ3n) is 5.08. The minimum Gasteiger partial charge on any atom is -0.325 e. The van der Waals surface area contributed by atoms with Crippen molar-refractivity contribution in [2.45, 2.75) is 50.6 Å². The van der Waals surface area contributed by atoms with Crippen LogP contribution in [0.3, 0.4) is 0 Å². The standard InChI is InChI=1S/C22H30N4O2S/c1-16-8-6-9-17(14-16)23-20(27)15-29-21-18-10-4-5-11-19(18)26(22(28)24-21)13-7-12-25(2)3/h6,8-9,14H,4-5,7,10-13,15H2,1-3H3,(H,23,27). The number of nitrogens with one attached hydrogen (secondary N) is 1. The first-order chi connectivity index (χ1) is 13.9. The molecule has 0 fully saturated rings. The first-order valence-electron chi connectivity index (χ1n) is 10.2. The number of amides is 1. The molecule has 3 rings (SSSR count). The Kier molecular flexibility index (Phi) is 7.50. The number of hydrogen-bond donors (Lipinski definition) is 1. The fraction of sp³-hybridized carbons (Fsp3) is 0.500. The maximum atomic E-state index is 12.7. The number of aryl methyl sites for hydroxylation is 1. The highest BCUT2D eigenvalue weighted by molar-refractivity contribution is 8.00. The van der Waals surface area contributed by atoms with E-state index in [1.807, 2.05) is 49.9 Å². The van der Waals surface area contributed by atoms with Crippen molar-refractivity contribution in [3.63, 3.8) is 0 Å². The van der Waals surface area contributed by atoms with Gasteiger partial charge in [-0.3, -0.25) is 9.36 Å². The van der Waals surface area contributed by atoms with Gasteiger partial charge in [-0.25, -0.2) is 4.79 Å². The van der Waals surface area contributed by atoms with Gasteiger partial charge in [-0.15, -0.1) is 0 Å². The average Bonchev–Trinajstić information content (AvgIpc) is 2.68. The van der Waals surface area contributed by atoms with E-state index in [-0.39, 0.29) is 17.3 Å². The number of anilines is 1. The van der Waals surface area contributed by atoms with Crippen molar-refractivity contribution >= 4 is 23.4 Å². The number of carbonyl (C=O) groups excluding carboxylic acids is 1. The third-order valence-corrected chi connectivity index (χ3v) is 6.10. The highest BCUT2D eigenvalue weighted by Gasteiger charge is 2.21. The van der Waals surface area contributed by atoms with Crippen LogP contribution in [-0.4, -0.2) is 46.8 Å². The summed E-state index contributed by atoms with van der Waals surface area (Å²) < 4.78 is 1.86. The van der Waals surface area contributed by atoms with E-state index >= 15 is 0 Å². The molecule has 0 atom stereocenters. The minimum absolute atomic E-state index is 0.0814. The van der Waals surface area contributed by atoms with Crippen LogP contribution >= 0.6 is 11.8 Å². The van der Waals surface area contributed by atoms with Gasteiger partial charge >= 0.3 is 5.69 Å². The molecular weight excluding hydrogens is 384 g/mol. The van der Waals surface area contributed by atoms with Crippen molar-refractivity contribution in [2.75, 3.05) is 31.7 Å². The molecule has 1 aliphatic rings. The summed E-state index contributed by atoms with van der Waals surface area (Å²) in [5.74, 6) is 0.166. The highest BCUT2D eigenvalue weighted by Crippen LogP contribution is 2.28. The Hall–Kier alpha value is -2.12. The number of fused-ring (bicyclic) bond motifs is 1. The maximum Gasteiger partial charge on any atom is 0.348 e. The van der Waals surface area contributed by atoms with E-state index in [1.165, 1.54) is 11.8 Å². The molecule has 0 saturated carbocycles. The van der Waals surface area contributed by atoms with E-state index in [2.05, 4.69) is 15.2 Å². The third kappa shape index (κ3) is 5.93. The number of benzene rings is 1. The van der Waals surface area contributed by atoms with Gasteiger partial charge in [0.15, 0.2) is 0 Å². The molecule has 29 heavy (non-hydrogen) atoms. The molecule has 1 aromatic heterocycles. The molecule has 0 unspecified atom stereocenters. The van der Waals surface area contributed by atoms with Crippen LogP contribution in [0.15, 0.2) is 34.1 Å². The molecule has 1 heterocycles. The summed E-state index contributed by atoms with van der Waals surface area (Å²) in [7, 11) is 4.08. The number of carbonyl (C=O) groups is 1. The van der Waals surface area contributed by atoms with Crippen molar-refractivity contribution in [3.8, 4) is 0 Å². The van der Waals surface area contributed by atoms with Crippen molar-refractivity contribution in [2.24, 2.45) is 0 Å². The summed E-state index contributed by atoms with van der Waals surface area (Å²) in [6.45, 7) is 3.64. The van der Waals surface area contributed by atoms with Gasteiger partial charge in [-0.1, -0.05) is 23.9 Å². The zero-order valence-corrected chi connectivity index (χ0v) is 18.3. The molecule has 1 aliphatic carbocycles. The van der Waals surface area contributed by atoms with Crippen molar-refractivity contribution < 1.29 is 4.79 Å². The van der Waals surface area contributed by atoms with Crippen LogP contribution in [-0.2, 0) is 24.2 Å². The Labute approximate surface area is 176 Å². The summed E-state index contributed by atoms with van der Waals surface area (Å²) in [6.07, 6.45) is 4.97. The largest absolute Gasteiger partial charge is 0.348 e. The first-order valence-corrected chi connectivity index (χ1v) is 11.2. The van der Waals surface area contributed by atoms with Crippen molar-refractivity contribution in [1.82, 2.24) is 14.5 Å². The van der Waals surface area contributed by atoms with Gasteiger partial charge in [0.2, 0.25) is 5.91 Å². The summed E-state index contributed by atoms with van der Waals surface area (Å²) in [4.78, 5) is 31.5. The predicted octanol–water partition coefficient (Wildman–Crippen LogP) is 3.11. The lowest BCUT2D eigenvalue weighted by atomic mass is 9.97. The number of hydrogen-bond acceptors (Lipinski definition) is 5. The van der Waals surface area contributed by atoms with Gasteiger partial charge in [-0.2, -0.15) is 4.98 Å². The molecule has 0 radical (unpaired) electrons. The molecule has 6 nitrogen and oxygen atoms in total. The molecule has 0 aliphatic heterocycles. The predicted molar refractivity (Wildman–Crippen MR) is 119 cm³/mol. The van der Waals surface area contributed by atoms with Gasteiger partial charge in [0.25, 0.3) is 0 Å². The molecule has 0 bridgehead atoms. The zero-order chi connectivity index (χ0) is 20.8. The fourth-order valence-corrected chi connectivity index (χ4v) is 4.57. The lowest BCUT2D eigenvalue weighted by Gasteiger charge is -2.23. The number of thioether (sulfide) groups is 1. The van der Waals surface area contributed by atoms with Crippen LogP contribution in [0, 0.1) is 6.92 Å². The lowest BCUT2D eigenvalue weighted by molar-refractivity contribution is -0.113. The quantitative estimate of drug-likeness (QED) is 0.531. The molecule has 1 N–H and O–H groups in total. The van der Waals surface area contributed by atoms with E-state index in [0.717, 1.165) is 66.2 Å². The second-order valence-electron chi connectivity index (χ2n) is 7.85.